The average Bonchev–Trinajstić information content (AvgIpc) is 2.65. The van der Waals surface area contributed by atoms with Gasteiger partial charge in [-0.15, -0.1) is 0 Å². The molecule has 0 aliphatic carbocycles. The van der Waals surface area contributed by atoms with Crippen LogP contribution in [0.2, 0.25) is 0 Å². The van der Waals surface area contributed by atoms with Crippen molar-refractivity contribution in [1.82, 2.24) is 15.5 Å². The highest BCUT2D eigenvalue weighted by atomic mass is 32.2. The Kier molecular flexibility index (Phi) is 5.52. The van der Waals surface area contributed by atoms with Gasteiger partial charge in [-0.2, -0.15) is 27.4 Å². The molecular weight excluding hydrogens is 248 g/mol. The minimum Gasteiger partial charge on any atom is -0.290 e. The number of hydrogen-bond acceptors (Lipinski definition) is 3. The number of nitrogens with zero attached hydrogens (tertiary/aromatic N) is 3. The van der Waals surface area contributed by atoms with Gasteiger partial charge in [0.05, 0.1) is 19.3 Å². The van der Waals surface area contributed by atoms with Gasteiger partial charge in [-0.25, -0.2) is 0 Å². The topological polar surface area (TPSA) is 93.5 Å². The number of guanidine groups is 1. The summed E-state index contributed by atoms with van der Waals surface area (Å²) in [5.41, 5.74) is 9.10. The van der Waals surface area contributed by atoms with Gasteiger partial charge >= 0.3 is 5.96 Å². The molecule has 98 valence electrons. The van der Waals surface area contributed by atoms with E-state index in [0.29, 0.717) is 5.96 Å². The van der Waals surface area contributed by atoms with Crippen molar-refractivity contribution >= 4 is 17.7 Å². The van der Waals surface area contributed by atoms with E-state index in [0.717, 1.165) is 29.4 Å². The first-order valence-electron chi connectivity index (χ1n) is 5.63. The van der Waals surface area contributed by atoms with Crippen molar-refractivity contribution in [3.05, 3.63) is 17.0 Å². The summed E-state index contributed by atoms with van der Waals surface area (Å²) in [6.07, 6.45) is 1.80. The average molecular weight is 267 g/mol. The molecule has 6 nitrogen and oxygen atoms in total. The highest BCUT2D eigenvalue weighted by molar-refractivity contribution is 7.98. The van der Waals surface area contributed by atoms with Crippen LogP contribution in [0.25, 0.3) is 0 Å². The monoisotopic (exact) mass is 267 g/mol. The third kappa shape index (κ3) is 3.96. The van der Waals surface area contributed by atoms with Crippen LogP contribution < -0.4 is 11.1 Å². The van der Waals surface area contributed by atoms with Gasteiger partial charge in [0.1, 0.15) is 0 Å². The van der Waals surface area contributed by atoms with Gasteiger partial charge < -0.3 is 0 Å². The molecule has 0 bridgehead atoms. The van der Waals surface area contributed by atoms with E-state index in [-0.39, 0.29) is 0 Å². The van der Waals surface area contributed by atoms with Crippen LogP contribution in [0.5, 0.6) is 0 Å². The molecule has 0 fully saturated rings. The number of aromatic amines is 1. The van der Waals surface area contributed by atoms with Crippen molar-refractivity contribution in [2.45, 2.75) is 19.6 Å². The first kappa shape index (κ1) is 14.4. The Bertz CT molecular complexity index is 451. The molecule has 0 aliphatic rings. The molecular formula is C11H19N6S+. The fourth-order valence-electron chi connectivity index (χ4n) is 1.44. The van der Waals surface area contributed by atoms with Crippen molar-refractivity contribution in [2.75, 3.05) is 19.3 Å². The highest BCUT2D eigenvalue weighted by Crippen LogP contribution is 2.17. The summed E-state index contributed by atoms with van der Waals surface area (Å²) in [7, 11) is 1.86. The van der Waals surface area contributed by atoms with E-state index in [1.54, 1.807) is 6.19 Å². The summed E-state index contributed by atoms with van der Waals surface area (Å²) < 4.78 is 1.82. The third-order valence-electron chi connectivity index (χ3n) is 2.69. The molecule has 0 saturated heterocycles. The Balaban J connectivity index is 2.36. The molecule has 1 rings (SSSR count). The van der Waals surface area contributed by atoms with Gasteiger partial charge in [-0.1, -0.05) is 0 Å². The zero-order valence-corrected chi connectivity index (χ0v) is 11.8. The fourth-order valence-corrected chi connectivity index (χ4v) is 2.61. The van der Waals surface area contributed by atoms with E-state index >= 15 is 0 Å². The number of nitriles is 1. The zero-order chi connectivity index (χ0) is 13.5. The minimum atomic E-state index is 0.383. The van der Waals surface area contributed by atoms with Gasteiger partial charge in [0.15, 0.2) is 0 Å². The first-order valence-corrected chi connectivity index (χ1v) is 6.78. The normalized spacial score (nSPS) is 11.9. The van der Waals surface area contributed by atoms with Gasteiger partial charge in [-0.05, 0) is 13.8 Å². The van der Waals surface area contributed by atoms with Crippen molar-refractivity contribution < 1.29 is 4.58 Å². The van der Waals surface area contributed by atoms with E-state index in [1.807, 2.05) is 37.2 Å². The second-order valence-corrected chi connectivity index (χ2v) is 5.11. The third-order valence-corrected chi connectivity index (χ3v) is 3.66. The Morgan fingerprint density at radius 2 is 2.33 bits per heavy atom. The molecule has 0 spiro atoms. The maximum Gasteiger partial charge on any atom is 0.357 e. The lowest BCUT2D eigenvalue weighted by Gasteiger charge is -2.04. The Morgan fingerprint density at radius 1 is 1.61 bits per heavy atom. The SMILES string of the molecule is Cc1n[nH]c(C)c1CSCC[N+](C)=C(N)NC#N. The molecule has 18 heavy (non-hydrogen) atoms. The lowest BCUT2D eigenvalue weighted by atomic mass is 10.2. The molecule has 1 aromatic rings. The predicted octanol–water partition coefficient (Wildman–Crippen LogP) is 0.287. The molecule has 1 heterocycles. The quantitative estimate of drug-likeness (QED) is 0.178. The molecule has 0 saturated carbocycles. The van der Waals surface area contributed by atoms with E-state index in [4.69, 9.17) is 11.0 Å². The molecule has 1 aromatic heterocycles. The smallest absolute Gasteiger partial charge is 0.290 e. The largest absolute Gasteiger partial charge is 0.357 e. The van der Waals surface area contributed by atoms with Crippen molar-refractivity contribution in [1.29, 1.82) is 5.26 Å². The van der Waals surface area contributed by atoms with Crippen LogP contribution in [-0.2, 0) is 5.75 Å². The first-order chi connectivity index (χ1) is 8.56. The summed E-state index contributed by atoms with van der Waals surface area (Å²) in [5, 5.41) is 18.0. The molecule has 0 unspecified atom stereocenters. The van der Waals surface area contributed by atoms with Crippen LogP contribution in [0.3, 0.4) is 0 Å². The Labute approximate surface area is 111 Å². The second-order valence-electron chi connectivity index (χ2n) is 4.01. The number of hydrogen-bond donors (Lipinski definition) is 3. The number of thioether (sulfide) groups is 1. The van der Waals surface area contributed by atoms with Crippen LogP contribution in [0.4, 0.5) is 0 Å². The fraction of sp³-hybridized carbons (Fsp3) is 0.545. The predicted molar refractivity (Wildman–Crippen MR) is 73.2 cm³/mol. The van der Waals surface area contributed by atoms with E-state index < -0.39 is 0 Å². The van der Waals surface area contributed by atoms with E-state index in [2.05, 4.69) is 15.5 Å². The molecule has 0 amide bonds. The number of nitrogens with two attached hydrogens (primary N) is 1. The Hall–Kier alpha value is -1.68. The van der Waals surface area contributed by atoms with Crippen LogP contribution in [0.1, 0.15) is 17.0 Å². The Morgan fingerprint density at radius 3 is 2.89 bits per heavy atom. The maximum atomic E-state index is 8.44. The van der Waals surface area contributed by atoms with Crippen molar-refractivity contribution in [3.8, 4) is 6.19 Å². The van der Waals surface area contributed by atoms with Gasteiger partial charge in [0, 0.05) is 22.8 Å². The lowest BCUT2D eigenvalue weighted by molar-refractivity contribution is -0.494. The minimum absolute atomic E-state index is 0.383. The van der Waals surface area contributed by atoms with Crippen LogP contribution in [0.15, 0.2) is 0 Å². The summed E-state index contributed by atoms with van der Waals surface area (Å²) >= 11 is 1.82. The van der Waals surface area contributed by atoms with Crippen molar-refractivity contribution in [3.63, 3.8) is 0 Å². The van der Waals surface area contributed by atoms with Crippen molar-refractivity contribution in [2.24, 2.45) is 5.73 Å². The zero-order valence-electron chi connectivity index (χ0n) is 10.9. The molecule has 0 aliphatic heterocycles. The molecule has 7 heteroatoms. The lowest BCUT2D eigenvalue weighted by Crippen LogP contribution is -2.37. The van der Waals surface area contributed by atoms with Gasteiger partial charge in [-0.3, -0.25) is 15.4 Å². The highest BCUT2D eigenvalue weighted by Gasteiger charge is 2.07. The van der Waals surface area contributed by atoms with Gasteiger partial charge in [0.25, 0.3) is 6.19 Å². The summed E-state index contributed by atoms with van der Waals surface area (Å²) in [6, 6.07) is 0. The number of aryl methyl sites for hydroxylation is 2. The number of rotatable bonds is 5. The molecule has 0 atom stereocenters. The summed E-state index contributed by atoms with van der Waals surface area (Å²) in [5.74, 6) is 2.26. The van der Waals surface area contributed by atoms with Gasteiger partial charge in [0.2, 0.25) is 0 Å². The summed E-state index contributed by atoms with van der Waals surface area (Å²) in [6.45, 7) is 4.83. The number of aromatic nitrogens is 2. The van der Waals surface area contributed by atoms with E-state index in [1.165, 1.54) is 5.56 Å². The van der Waals surface area contributed by atoms with E-state index in [9.17, 15) is 0 Å². The molecule has 0 radical (unpaired) electrons. The molecule has 0 aromatic carbocycles. The number of H-pyrrole nitrogens is 1. The standard InChI is InChI=1S/C11H18N6S/c1-8-10(9(2)16-15-8)6-18-5-4-17(3)11(13)14-7-12/h4-6H2,1-3H3,(H3,13,14,15,16)/p+1. The van der Waals surface area contributed by atoms with Crippen LogP contribution >= 0.6 is 11.8 Å². The summed E-state index contributed by atoms with van der Waals surface area (Å²) in [4.78, 5) is 0. The molecule has 4 N–H and O–H groups in total. The number of nitrogens with one attached hydrogen (secondary N) is 2. The van der Waals surface area contributed by atoms with Crippen LogP contribution in [0, 0.1) is 25.3 Å². The maximum absolute atomic E-state index is 8.44. The second kappa shape index (κ2) is 6.91. The van der Waals surface area contributed by atoms with Crippen LogP contribution in [-0.4, -0.2) is 40.1 Å².